The van der Waals surface area contributed by atoms with Crippen molar-refractivity contribution in [2.45, 2.75) is 23.5 Å². The molecule has 2 heterocycles. The van der Waals surface area contributed by atoms with Crippen molar-refractivity contribution in [1.29, 1.82) is 0 Å². The number of nitrogens with zero attached hydrogens (tertiary/aromatic N) is 3. The Bertz CT molecular complexity index is 579. The lowest BCUT2D eigenvalue weighted by molar-refractivity contribution is 0.188. The Kier molecular flexibility index (Phi) is 4.66. The van der Waals surface area contributed by atoms with E-state index in [1.165, 1.54) is 22.6 Å². The Morgan fingerprint density at radius 1 is 1.55 bits per heavy atom. The van der Waals surface area contributed by atoms with Crippen LogP contribution in [0.1, 0.15) is 6.42 Å². The quantitative estimate of drug-likeness (QED) is 0.814. The summed E-state index contributed by atoms with van der Waals surface area (Å²) in [5, 5.41) is 9.75. The number of likely N-dealkylation sites (N-methyl/N-ethyl adjacent to an activating group) is 1. The van der Waals surface area contributed by atoms with E-state index in [1.54, 1.807) is 0 Å². The van der Waals surface area contributed by atoms with Gasteiger partial charge in [-0.15, -0.1) is 0 Å². The number of aliphatic hydroxyl groups excluding tert-OH is 1. The third kappa shape index (κ3) is 3.12. The van der Waals surface area contributed by atoms with Gasteiger partial charge in [-0.3, -0.25) is 0 Å². The number of pyridine rings is 1. The molecule has 0 radical (unpaired) electrons. The Labute approximate surface area is 124 Å². The van der Waals surface area contributed by atoms with Gasteiger partial charge in [-0.05, 0) is 32.6 Å². The molecule has 6 nitrogen and oxygen atoms in total. The van der Waals surface area contributed by atoms with Gasteiger partial charge in [0.1, 0.15) is 10.0 Å². The summed E-state index contributed by atoms with van der Waals surface area (Å²) in [6.45, 7) is 0.639. The largest absolute Gasteiger partial charge is 0.392 e. The highest BCUT2D eigenvalue weighted by Crippen LogP contribution is 2.29. The number of aliphatic hydroxyl groups is 1. The topological polar surface area (TPSA) is 73.7 Å². The highest BCUT2D eigenvalue weighted by Gasteiger charge is 2.40. The third-order valence-corrected chi connectivity index (χ3v) is 5.59. The van der Waals surface area contributed by atoms with Crippen LogP contribution in [0.5, 0.6) is 0 Å². The summed E-state index contributed by atoms with van der Waals surface area (Å²) >= 11 is 5.89. The van der Waals surface area contributed by atoms with Gasteiger partial charge in [0.2, 0.25) is 10.0 Å². The first kappa shape index (κ1) is 15.7. The van der Waals surface area contributed by atoms with Crippen LogP contribution in [0.15, 0.2) is 23.2 Å². The summed E-state index contributed by atoms with van der Waals surface area (Å²) in [4.78, 5) is 5.69. The van der Waals surface area contributed by atoms with Crippen LogP contribution in [0.4, 0.5) is 0 Å². The van der Waals surface area contributed by atoms with Crippen molar-refractivity contribution in [3.63, 3.8) is 0 Å². The highest BCUT2D eigenvalue weighted by molar-refractivity contribution is 7.89. The molecule has 0 amide bonds. The number of β-amino-alcohol motifs (C(OH)–C–C–N with tert-alkyl or cyclic N) is 1. The van der Waals surface area contributed by atoms with Gasteiger partial charge in [-0.1, -0.05) is 11.6 Å². The van der Waals surface area contributed by atoms with Crippen LogP contribution in [0.3, 0.4) is 0 Å². The van der Waals surface area contributed by atoms with Crippen LogP contribution in [-0.4, -0.2) is 67.0 Å². The first-order chi connectivity index (χ1) is 9.32. The van der Waals surface area contributed by atoms with E-state index in [0.717, 1.165) is 0 Å². The lowest BCUT2D eigenvalue weighted by Gasteiger charge is -2.26. The van der Waals surface area contributed by atoms with Gasteiger partial charge in [0.25, 0.3) is 0 Å². The summed E-state index contributed by atoms with van der Waals surface area (Å²) in [5.41, 5.74) is 0. The van der Waals surface area contributed by atoms with E-state index in [1.807, 2.05) is 19.0 Å². The fourth-order valence-electron chi connectivity index (χ4n) is 2.43. The normalized spacial score (nSPS) is 24.4. The van der Waals surface area contributed by atoms with Gasteiger partial charge < -0.3 is 10.0 Å². The van der Waals surface area contributed by atoms with Gasteiger partial charge in [0.05, 0.1) is 6.10 Å². The van der Waals surface area contributed by atoms with Crippen LogP contribution >= 0.6 is 11.6 Å². The summed E-state index contributed by atoms with van der Waals surface area (Å²) in [6, 6.07) is 2.70. The summed E-state index contributed by atoms with van der Waals surface area (Å²) in [6.07, 6.45) is 1.22. The average molecular weight is 320 g/mol. The second-order valence-electron chi connectivity index (χ2n) is 5.17. The fourth-order valence-corrected chi connectivity index (χ4v) is 4.53. The number of aromatic nitrogens is 1. The molecule has 1 aromatic heterocycles. The minimum absolute atomic E-state index is 0.0143. The molecule has 1 aromatic rings. The maximum atomic E-state index is 12.7. The Morgan fingerprint density at radius 2 is 2.25 bits per heavy atom. The molecule has 112 valence electrons. The lowest BCUT2D eigenvalue weighted by atomic mass is 10.2. The average Bonchev–Trinajstić information content (AvgIpc) is 2.70. The van der Waals surface area contributed by atoms with E-state index >= 15 is 0 Å². The predicted octanol–water partition coefficient (Wildman–Crippen LogP) is 0.421. The highest BCUT2D eigenvalue weighted by atomic mass is 35.5. The molecule has 1 N–H and O–H groups in total. The predicted molar refractivity (Wildman–Crippen MR) is 76.1 cm³/mol. The Balaban J connectivity index is 2.35. The number of rotatable bonds is 4. The second-order valence-corrected chi connectivity index (χ2v) is 7.39. The van der Waals surface area contributed by atoms with Gasteiger partial charge in [0.15, 0.2) is 0 Å². The molecule has 2 unspecified atom stereocenters. The molecule has 0 bridgehead atoms. The molecular weight excluding hydrogens is 302 g/mol. The number of halogens is 1. The second kappa shape index (κ2) is 5.95. The number of sulfonamides is 1. The molecule has 0 spiro atoms. The Morgan fingerprint density at radius 3 is 2.85 bits per heavy atom. The standard InChI is InChI=1S/C12H18ClN3O3S/c1-15(2)7-9-6-10(17)8-16(9)20(18,19)11-4-3-5-14-12(11)13/h3-5,9-10,17H,6-8H2,1-2H3. The van der Waals surface area contributed by atoms with Crippen molar-refractivity contribution in [2.24, 2.45) is 0 Å². The first-order valence-electron chi connectivity index (χ1n) is 6.27. The molecule has 2 atom stereocenters. The van der Waals surface area contributed by atoms with Crippen LogP contribution in [0.25, 0.3) is 0 Å². The SMILES string of the molecule is CN(C)CC1CC(O)CN1S(=O)(=O)c1cccnc1Cl. The van der Waals surface area contributed by atoms with Crippen LogP contribution in [0, 0.1) is 0 Å². The summed E-state index contributed by atoms with van der Waals surface area (Å²) < 4.78 is 26.6. The molecule has 0 saturated carbocycles. The van der Waals surface area contributed by atoms with E-state index < -0.39 is 16.1 Å². The van der Waals surface area contributed by atoms with Crippen LogP contribution in [-0.2, 0) is 10.0 Å². The minimum Gasteiger partial charge on any atom is -0.392 e. The first-order valence-corrected chi connectivity index (χ1v) is 8.09. The molecule has 0 aliphatic carbocycles. The van der Waals surface area contributed by atoms with Crippen molar-refractivity contribution in [3.05, 3.63) is 23.5 Å². The molecule has 0 aromatic carbocycles. The van der Waals surface area contributed by atoms with Crippen molar-refractivity contribution in [3.8, 4) is 0 Å². The van der Waals surface area contributed by atoms with Gasteiger partial charge in [-0.2, -0.15) is 4.31 Å². The molecular formula is C12H18ClN3O3S. The maximum absolute atomic E-state index is 12.7. The van der Waals surface area contributed by atoms with E-state index in [9.17, 15) is 13.5 Å². The molecule has 1 fully saturated rings. The van der Waals surface area contributed by atoms with E-state index in [0.29, 0.717) is 13.0 Å². The summed E-state index contributed by atoms with van der Waals surface area (Å²) in [5.74, 6) is 0. The maximum Gasteiger partial charge on any atom is 0.246 e. The van der Waals surface area contributed by atoms with Crippen LogP contribution < -0.4 is 0 Å². The molecule has 8 heteroatoms. The van der Waals surface area contributed by atoms with Gasteiger partial charge in [-0.25, -0.2) is 13.4 Å². The zero-order chi connectivity index (χ0) is 14.9. The smallest absolute Gasteiger partial charge is 0.246 e. The monoisotopic (exact) mass is 319 g/mol. The van der Waals surface area contributed by atoms with Gasteiger partial charge in [0, 0.05) is 25.3 Å². The van der Waals surface area contributed by atoms with E-state index in [4.69, 9.17) is 11.6 Å². The lowest BCUT2D eigenvalue weighted by Crippen LogP contribution is -2.41. The molecule has 2 rings (SSSR count). The van der Waals surface area contributed by atoms with Crippen molar-refractivity contribution in [1.82, 2.24) is 14.2 Å². The molecule has 20 heavy (non-hydrogen) atoms. The van der Waals surface area contributed by atoms with E-state index in [-0.39, 0.29) is 22.6 Å². The Hall–Kier alpha value is -0.730. The minimum atomic E-state index is -3.74. The van der Waals surface area contributed by atoms with E-state index in [2.05, 4.69) is 4.98 Å². The zero-order valence-electron chi connectivity index (χ0n) is 11.4. The summed E-state index contributed by atoms with van der Waals surface area (Å²) in [7, 11) is -0.00964. The van der Waals surface area contributed by atoms with Gasteiger partial charge >= 0.3 is 0 Å². The van der Waals surface area contributed by atoms with Crippen LogP contribution in [0.2, 0.25) is 5.15 Å². The zero-order valence-corrected chi connectivity index (χ0v) is 13.0. The molecule has 1 aliphatic rings. The fraction of sp³-hybridized carbons (Fsp3) is 0.583. The van der Waals surface area contributed by atoms with Crippen molar-refractivity contribution in [2.75, 3.05) is 27.2 Å². The molecule has 1 saturated heterocycles. The van der Waals surface area contributed by atoms with Crippen molar-refractivity contribution < 1.29 is 13.5 Å². The number of hydrogen-bond acceptors (Lipinski definition) is 5. The number of hydrogen-bond donors (Lipinski definition) is 1. The molecule has 1 aliphatic heterocycles. The third-order valence-electron chi connectivity index (χ3n) is 3.23. The van der Waals surface area contributed by atoms with Crippen molar-refractivity contribution >= 4 is 21.6 Å².